The van der Waals surface area contributed by atoms with E-state index < -0.39 is 0 Å². The molecule has 0 spiro atoms. The predicted octanol–water partition coefficient (Wildman–Crippen LogP) is 4.00. The van der Waals surface area contributed by atoms with E-state index in [4.69, 9.17) is 9.15 Å². The van der Waals surface area contributed by atoms with Crippen LogP contribution in [0.25, 0.3) is 33.0 Å². The Hall–Kier alpha value is -2.75. The van der Waals surface area contributed by atoms with Gasteiger partial charge in [-0.1, -0.05) is 18.2 Å². The first-order valence-corrected chi connectivity index (χ1v) is 6.75. The van der Waals surface area contributed by atoms with Crippen molar-refractivity contribution in [1.29, 1.82) is 0 Å². The third kappa shape index (κ3) is 1.72. The van der Waals surface area contributed by atoms with E-state index in [1.165, 1.54) is 0 Å². The molecular formula is C17H14N2O2. The fourth-order valence-corrected chi connectivity index (χ4v) is 2.79. The zero-order chi connectivity index (χ0) is 14.4. The first-order chi connectivity index (χ1) is 10.3. The Morgan fingerprint density at radius 3 is 2.90 bits per heavy atom. The van der Waals surface area contributed by atoms with E-state index in [0.717, 1.165) is 33.0 Å². The predicted molar refractivity (Wildman–Crippen MR) is 82.5 cm³/mol. The van der Waals surface area contributed by atoms with E-state index >= 15 is 0 Å². The van der Waals surface area contributed by atoms with E-state index in [1.54, 1.807) is 13.4 Å². The maximum absolute atomic E-state index is 5.43. The molecule has 0 bridgehead atoms. The number of aromatic nitrogens is 2. The number of nitrogens with zero attached hydrogens (tertiary/aromatic N) is 2. The van der Waals surface area contributed by atoms with Gasteiger partial charge in [0.2, 0.25) is 5.88 Å². The van der Waals surface area contributed by atoms with Crippen LogP contribution in [0, 0.1) is 0 Å². The first-order valence-electron chi connectivity index (χ1n) is 6.75. The van der Waals surface area contributed by atoms with Gasteiger partial charge < -0.3 is 9.15 Å². The number of ether oxygens (including phenoxy) is 1. The van der Waals surface area contributed by atoms with Gasteiger partial charge in [-0.25, -0.2) is 0 Å². The molecule has 0 atom stereocenters. The molecule has 4 nitrogen and oxygen atoms in total. The van der Waals surface area contributed by atoms with E-state index in [0.29, 0.717) is 5.88 Å². The number of fused-ring (bicyclic) bond motifs is 2. The molecule has 4 heteroatoms. The van der Waals surface area contributed by atoms with Crippen LogP contribution in [0.4, 0.5) is 0 Å². The quantitative estimate of drug-likeness (QED) is 0.556. The number of hydrogen-bond acceptors (Lipinski definition) is 3. The average molecular weight is 278 g/mol. The van der Waals surface area contributed by atoms with Crippen LogP contribution >= 0.6 is 0 Å². The van der Waals surface area contributed by atoms with Crippen LogP contribution in [0.5, 0.6) is 5.88 Å². The van der Waals surface area contributed by atoms with Crippen LogP contribution < -0.4 is 4.74 Å². The van der Waals surface area contributed by atoms with Gasteiger partial charge in [-0.05, 0) is 35.4 Å². The molecule has 0 aliphatic heterocycles. The molecule has 2 aromatic heterocycles. The summed E-state index contributed by atoms with van der Waals surface area (Å²) >= 11 is 0. The van der Waals surface area contributed by atoms with E-state index in [1.807, 2.05) is 36.0 Å². The summed E-state index contributed by atoms with van der Waals surface area (Å²) in [4.78, 5) is 0. The van der Waals surface area contributed by atoms with Crippen molar-refractivity contribution in [2.45, 2.75) is 0 Å². The summed E-state index contributed by atoms with van der Waals surface area (Å²) in [6, 6.07) is 14.3. The first kappa shape index (κ1) is 12.0. The van der Waals surface area contributed by atoms with Gasteiger partial charge in [0.15, 0.2) is 0 Å². The lowest BCUT2D eigenvalue weighted by atomic mass is 10.0. The van der Waals surface area contributed by atoms with Gasteiger partial charge in [0.1, 0.15) is 5.58 Å². The number of methoxy groups -OCH3 is 1. The van der Waals surface area contributed by atoms with Crippen LogP contribution in [-0.4, -0.2) is 16.9 Å². The van der Waals surface area contributed by atoms with Gasteiger partial charge >= 0.3 is 0 Å². The molecular weight excluding hydrogens is 264 g/mol. The molecule has 2 heterocycles. The maximum atomic E-state index is 5.43. The van der Waals surface area contributed by atoms with Crippen LogP contribution in [0.1, 0.15) is 0 Å². The Labute approximate surface area is 121 Å². The van der Waals surface area contributed by atoms with Crippen molar-refractivity contribution < 1.29 is 9.15 Å². The lowest BCUT2D eigenvalue weighted by Crippen LogP contribution is -1.89. The number of hydrogen-bond donors (Lipinski definition) is 0. The van der Waals surface area contributed by atoms with Gasteiger partial charge in [0, 0.05) is 12.4 Å². The normalized spacial score (nSPS) is 11.3. The Bertz CT molecular complexity index is 950. The molecule has 0 fully saturated rings. The molecule has 2 aromatic carbocycles. The van der Waals surface area contributed by atoms with Gasteiger partial charge in [0.05, 0.1) is 24.3 Å². The van der Waals surface area contributed by atoms with Crippen molar-refractivity contribution in [3.05, 3.63) is 48.7 Å². The van der Waals surface area contributed by atoms with Crippen molar-refractivity contribution in [3.8, 4) is 17.0 Å². The van der Waals surface area contributed by atoms with Crippen molar-refractivity contribution in [1.82, 2.24) is 9.78 Å². The summed E-state index contributed by atoms with van der Waals surface area (Å²) in [5.74, 6) is 0.649. The van der Waals surface area contributed by atoms with Gasteiger partial charge in [-0.15, -0.1) is 5.10 Å². The second-order valence-corrected chi connectivity index (χ2v) is 5.01. The highest BCUT2D eigenvalue weighted by Crippen LogP contribution is 2.35. The Kier molecular flexibility index (Phi) is 2.51. The second-order valence-electron chi connectivity index (χ2n) is 5.01. The molecule has 0 unspecified atom stereocenters. The highest BCUT2D eigenvalue weighted by atomic mass is 16.5. The Balaban J connectivity index is 2.04. The zero-order valence-electron chi connectivity index (χ0n) is 11.8. The van der Waals surface area contributed by atoms with Crippen molar-refractivity contribution in [3.63, 3.8) is 0 Å². The smallest absolute Gasteiger partial charge is 0.241 e. The maximum Gasteiger partial charge on any atom is 0.241 e. The largest absolute Gasteiger partial charge is 0.479 e. The fraction of sp³-hybridized carbons (Fsp3) is 0.118. The molecule has 0 saturated heterocycles. The van der Waals surface area contributed by atoms with Crippen LogP contribution in [0.3, 0.4) is 0 Å². The monoisotopic (exact) mass is 278 g/mol. The SMILES string of the molecule is COc1nn(C)c2cccc(-c3ccc4occc4c3)c12. The highest BCUT2D eigenvalue weighted by molar-refractivity contribution is 6.00. The Morgan fingerprint density at radius 2 is 2.05 bits per heavy atom. The fourth-order valence-electron chi connectivity index (χ4n) is 2.79. The summed E-state index contributed by atoms with van der Waals surface area (Å²) in [5, 5.41) is 6.55. The van der Waals surface area contributed by atoms with Crippen LogP contribution in [0.15, 0.2) is 53.1 Å². The number of benzene rings is 2. The number of furan rings is 1. The van der Waals surface area contributed by atoms with E-state index in [2.05, 4.69) is 23.3 Å². The third-order valence-corrected chi connectivity index (χ3v) is 3.80. The molecule has 104 valence electrons. The standard InChI is InChI=1S/C17H14N2O2/c1-19-14-5-3-4-13(16(14)17(18-19)20-2)11-6-7-15-12(10-11)8-9-21-15/h3-10H,1-2H3. The van der Waals surface area contributed by atoms with Gasteiger partial charge in [0.25, 0.3) is 0 Å². The summed E-state index contributed by atoms with van der Waals surface area (Å²) in [6.45, 7) is 0. The topological polar surface area (TPSA) is 40.2 Å². The molecule has 21 heavy (non-hydrogen) atoms. The minimum Gasteiger partial charge on any atom is -0.479 e. The minimum absolute atomic E-state index is 0.649. The van der Waals surface area contributed by atoms with Crippen LogP contribution in [0.2, 0.25) is 0 Å². The van der Waals surface area contributed by atoms with Crippen molar-refractivity contribution in [2.24, 2.45) is 7.05 Å². The average Bonchev–Trinajstić information content (AvgIpc) is 3.11. The molecule has 0 amide bonds. The number of aryl methyl sites for hydroxylation is 1. The lowest BCUT2D eigenvalue weighted by Gasteiger charge is -2.05. The molecule has 4 rings (SSSR count). The number of rotatable bonds is 2. The minimum atomic E-state index is 0.649. The van der Waals surface area contributed by atoms with Gasteiger partial charge in [-0.2, -0.15) is 0 Å². The molecule has 0 radical (unpaired) electrons. The van der Waals surface area contributed by atoms with Gasteiger partial charge in [-0.3, -0.25) is 4.68 Å². The van der Waals surface area contributed by atoms with E-state index in [-0.39, 0.29) is 0 Å². The molecule has 4 aromatic rings. The molecule has 0 saturated carbocycles. The molecule has 0 aliphatic carbocycles. The molecule has 0 N–H and O–H groups in total. The lowest BCUT2D eigenvalue weighted by molar-refractivity contribution is 0.396. The Morgan fingerprint density at radius 1 is 1.14 bits per heavy atom. The summed E-state index contributed by atoms with van der Waals surface area (Å²) in [7, 11) is 3.58. The van der Waals surface area contributed by atoms with Crippen molar-refractivity contribution in [2.75, 3.05) is 7.11 Å². The molecule has 0 aliphatic rings. The highest BCUT2D eigenvalue weighted by Gasteiger charge is 2.14. The van der Waals surface area contributed by atoms with E-state index in [9.17, 15) is 0 Å². The second kappa shape index (κ2) is 4.38. The summed E-state index contributed by atoms with van der Waals surface area (Å²) in [6.07, 6.45) is 1.71. The van der Waals surface area contributed by atoms with Crippen LogP contribution in [-0.2, 0) is 7.05 Å². The summed E-state index contributed by atoms with van der Waals surface area (Å²) in [5.41, 5.74) is 4.18. The summed E-state index contributed by atoms with van der Waals surface area (Å²) < 4.78 is 12.7. The van der Waals surface area contributed by atoms with Crippen molar-refractivity contribution >= 4 is 21.9 Å². The third-order valence-electron chi connectivity index (χ3n) is 3.80. The zero-order valence-corrected chi connectivity index (χ0v) is 11.8.